The molecule has 15 heavy (non-hydrogen) atoms. The van der Waals surface area contributed by atoms with Gasteiger partial charge < -0.3 is 0 Å². The van der Waals surface area contributed by atoms with Crippen LogP contribution in [0.15, 0.2) is 0 Å². The van der Waals surface area contributed by atoms with Crippen molar-refractivity contribution in [3.05, 3.63) is 63.0 Å². The third-order valence-corrected chi connectivity index (χ3v) is 2.58. The topological polar surface area (TPSA) is 0 Å². The van der Waals surface area contributed by atoms with Crippen molar-refractivity contribution >= 4 is 11.8 Å². The van der Waals surface area contributed by atoms with Crippen LogP contribution < -0.4 is 0 Å². The summed E-state index contributed by atoms with van der Waals surface area (Å²) in [4.78, 5) is 0. The van der Waals surface area contributed by atoms with Crippen LogP contribution in [-0.4, -0.2) is 5.25 Å². The zero-order chi connectivity index (χ0) is 10.2. The van der Waals surface area contributed by atoms with Gasteiger partial charge in [-0.15, -0.1) is 0 Å². The molecule has 0 atom stereocenters. The summed E-state index contributed by atoms with van der Waals surface area (Å²) in [6, 6.07) is 0. The van der Waals surface area contributed by atoms with Gasteiger partial charge in [0.15, 0.2) is 0 Å². The normalized spacial score (nSPS) is 21.0. The largest absolute Gasteiger partial charge is 0.150 e. The molecule has 2 aliphatic rings. The number of thioether (sulfide) groups is 1. The summed E-state index contributed by atoms with van der Waals surface area (Å²) >= 11 is 1.91. The van der Waals surface area contributed by atoms with Crippen molar-refractivity contribution in [3.63, 3.8) is 0 Å². The smallest absolute Gasteiger partial charge is 0.0383 e. The fraction of sp³-hybridized carbons (Fsp3) is 0.231. The van der Waals surface area contributed by atoms with E-state index >= 15 is 0 Å². The molecule has 0 aliphatic heterocycles. The summed E-state index contributed by atoms with van der Waals surface area (Å²) < 4.78 is 0. The molecule has 2 heteroatoms. The number of hydrogen-bond acceptors (Lipinski definition) is 1. The van der Waals surface area contributed by atoms with Crippen LogP contribution in [0.25, 0.3) is 0 Å². The Kier molecular flexibility index (Phi) is 10.6. The molecule has 0 nitrogen and oxygen atoms in total. The van der Waals surface area contributed by atoms with Crippen molar-refractivity contribution in [2.75, 3.05) is 0 Å². The second-order valence-electron chi connectivity index (χ2n) is 3.25. The van der Waals surface area contributed by atoms with Crippen LogP contribution in [0.3, 0.4) is 0 Å². The standard InChI is InChI=1S/C8H11S.C5H5.Fe/c1-7(2)9-8-5-3-4-6-8;1-2-4-5-3-1;/h3-7H,1-2H3;1-5H;. The molecule has 2 fully saturated rings. The fourth-order valence-corrected chi connectivity index (χ4v) is 1.89. The van der Waals surface area contributed by atoms with E-state index in [0.29, 0.717) is 5.25 Å². The third kappa shape index (κ3) is 8.65. The van der Waals surface area contributed by atoms with Crippen molar-refractivity contribution in [1.82, 2.24) is 0 Å². The minimum absolute atomic E-state index is 0. The van der Waals surface area contributed by atoms with Gasteiger partial charge in [0.2, 0.25) is 0 Å². The van der Waals surface area contributed by atoms with E-state index in [0.717, 1.165) is 0 Å². The average molecular weight is 260 g/mol. The van der Waals surface area contributed by atoms with E-state index in [4.69, 9.17) is 0 Å². The van der Waals surface area contributed by atoms with Crippen LogP contribution in [0.2, 0.25) is 0 Å². The SMILES string of the molecule is CC(C)S[C]1[CH][CH][CH][CH]1.[CH]1[CH][CH][CH][CH]1.[Fe]. The Bertz CT molecular complexity index is 119. The van der Waals surface area contributed by atoms with Gasteiger partial charge in [0.25, 0.3) is 0 Å². The van der Waals surface area contributed by atoms with Crippen molar-refractivity contribution in [2.24, 2.45) is 0 Å². The van der Waals surface area contributed by atoms with E-state index in [-0.39, 0.29) is 17.1 Å². The molecular formula is C13H16FeS. The van der Waals surface area contributed by atoms with Crippen LogP contribution in [0, 0.1) is 63.0 Å². The molecule has 0 aromatic rings. The van der Waals surface area contributed by atoms with Gasteiger partial charge in [0.1, 0.15) is 0 Å². The second kappa shape index (κ2) is 10.1. The Balaban J connectivity index is 0.000000280. The maximum atomic E-state index is 2.21. The van der Waals surface area contributed by atoms with Crippen molar-refractivity contribution in [2.45, 2.75) is 19.1 Å². The molecule has 0 amide bonds. The Morgan fingerprint density at radius 3 is 1.53 bits per heavy atom. The maximum absolute atomic E-state index is 2.21. The molecule has 0 aromatic heterocycles. The molecule has 0 saturated heterocycles. The molecule has 82 valence electrons. The van der Waals surface area contributed by atoms with E-state index in [9.17, 15) is 0 Å². The molecule has 0 unspecified atom stereocenters. The summed E-state index contributed by atoms with van der Waals surface area (Å²) in [5.41, 5.74) is 0. The van der Waals surface area contributed by atoms with Gasteiger partial charge in [-0.05, 0) is 63.0 Å². The number of rotatable bonds is 2. The van der Waals surface area contributed by atoms with Gasteiger partial charge in [-0.3, -0.25) is 0 Å². The van der Waals surface area contributed by atoms with Gasteiger partial charge >= 0.3 is 0 Å². The first-order chi connectivity index (χ1) is 6.79. The Hall–Kier alpha value is 0.869. The monoisotopic (exact) mass is 260 g/mol. The molecular weight excluding hydrogens is 244 g/mol. The average Bonchev–Trinajstić information content (AvgIpc) is 2.75. The Morgan fingerprint density at radius 1 is 0.800 bits per heavy atom. The molecule has 0 bridgehead atoms. The summed E-state index contributed by atoms with van der Waals surface area (Å²) in [6.07, 6.45) is 18.4. The molecule has 0 heterocycles. The summed E-state index contributed by atoms with van der Waals surface area (Å²) in [7, 11) is 0. The molecule has 10 radical (unpaired) electrons. The molecule has 0 N–H and O–H groups in total. The van der Waals surface area contributed by atoms with Crippen LogP contribution in [0.5, 0.6) is 0 Å². The quantitative estimate of drug-likeness (QED) is 0.685. The Labute approximate surface area is 111 Å². The first kappa shape index (κ1) is 15.9. The number of hydrogen-bond donors (Lipinski definition) is 0. The minimum Gasteiger partial charge on any atom is -0.150 e. The van der Waals surface area contributed by atoms with Gasteiger partial charge in [-0.25, -0.2) is 0 Å². The van der Waals surface area contributed by atoms with E-state index in [2.05, 4.69) is 39.5 Å². The maximum Gasteiger partial charge on any atom is 0.0383 e. The first-order valence-electron chi connectivity index (χ1n) is 4.84. The van der Waals surface area contributed by atoms with Crippen LogP contribution >= 0.6 is 11.8 Å². The fourth-order valence-electron chi connectivity index (χ4n) is 1.03. The van der Waals surface area contributed by atoms with Crippen LogP contribution in [0.1, 0.15) is 13.8 Å². The molecule has 0 aromatic carbocycles. The zero-order valence-corrected chi connectivity index (χ0v) is 11.0. The van der Waals surface area contributed by atoms with Gasteiger partial charge in [-0.1, -0.05) is 13.8 Å². The zero-order valence-electron chi connectivity index (χ0n) is 9.04. The van der Waals surface area contributed by atoms with E-state index < -0.39 is 0 Å². The molecule has 2 aliphatic carbocycles. The first-order valence-corrected chi connectivity index (χ1v) is 5.72. The second-order valence-corrected chi connectivity index (χ2v) is 4.90. The van der Waals surface area contributed by atoms with Crippen molar-refractivity contribution in [3.8, 4) is 0 Å². The third-order valence-electron chi connectivity index (χ3n) is 1.56. The molecule has 0 spiro atoms. The Morgan fingerprint density at radius 2 is 1.20 bits per heavy atom. The van der Waals surface area contributed by atoms with Gasteiger partial charge in [0, 0.05) is 22.3 Å². The summed E-state index contributed by atoms with van der Waals surface area (Å²) in [6.45, 7) is 4.41. The van der Waals surface area contributed by atoms with E-state index in [1.165, 1.54) is 5.25 Å². The van der Waals surface area contributed by atoms with Gasteiger partial charge in [-0.2, -0.15) is 11.8 Å². The molecule has 2 saturated carbocycles. The molecule has 2 rings (SSSR count). The van der Waals surface area contributed by atoms with Crippen LogP contribution in [-0.2, 0) is 17.1 Å². The van der Waals surface area contributed by atoms with Crippen molar-refractivity contribution in [1.29, 1.82) is 0 Å². The predicted octanol–water partition coefficient (Wildman–Crippen LogP) is 3.51. The minimum atomic E-state index is 0. The van der Waals surface area contributed by atoms with E-state index in [1.807, 2.05) is 43.9 Å². The van der Waals surface area contributed by atoms with Crippen molar-refractivity contribution < 1.29 is 17.1 Å². The van der Waals surface area contributed by atoms with Crippen LogP contribution in [0.4, 0.5) is 0 Å². The van der Waals surface area contributed by atoms with E-state index in [1.54, 1.807) is 0 Å². The van der Waals surface area contributed by atoms with Gasteiger partial charge in [0.05, 0.1) is 0 Å². The summed E-state index contributed by atoms with van der Waals surface area (Å²) in [5.74, 6) is 0. The summed E-state index contributed by atoms with van der Waals surface area (Å²) in [5, 5.41) is 2.08. The predicted molar refractivity (Wildman–Crippen MR) is 64.7 cm³/mol.